The number of nitrogens with zero attached hydrogens (tertiary/aromatic N) is 1. The molecule has 114 valence electrons. The molecule has 4 N–H and O–H groups in total. The molecule has 0 aromatic rings. The fourth-order valence-corrected chi connectivity index (χ4v) is 2.29. The number of carboxylic acid groups (broad SMARTS) is 1. The van der Waals surface area contributed by atoms with E-state index in [2.05, 4.69) is 5.32 Å². The molecule has 0 spiro atoms. The lowest BCUT2D eigenvalue weighted by atomic mass is 10.2. The molecule has 1 unspecified atom stereocenters. The van der Waals surface area contributed by atoms with E-state index >= 15 is 0 Å². The summed E-state index contributed by atoms with van der Waals surface area (Å²) in [6, 6.07) is -0.746. The number of likely N-dealkylation sites (tertiary alicyclic amines) is 1. The number of hydrogen-bond donors (Lipinski definition) is 3. The summed E-state index contributed by atoms with van der Waals surface area (Å²) in [5.41, 5.74) is 5.35. The second-order valence-corrected chi connectivity index (χ2v) is 4.96. The van der Waals surface area contributed by atoms with Gasteiger partial charge in [0.1, 0.15) is 6.04 Å². The van der Waals surface area contributed by atoms with Crippen molar-refractivity contribution in [3.63, 3.8) is 0 Å². The molecule has 0 bridgehead atoms. The van der Waals surface area contributed by atoms with E-state index < -0.39 is 12.0 Å². The monoisotopic (exact) mass is 285 g/mol. The highest BCUT2D eigenvalue weighted by atomic mass is 16.4. The molecule has 0 aromatic heterocycles. The van der Waals surface area contributed by atoms with Crippen LogP contribution in [-0.4, -0.2) is 53.5 Å². The van der Waals surface area contributed by atoms with E-state index in [4.69, 9.17) is 10.8 Å². The van der Waals surface area contributed by atoms with Gasteiger partial charge in [0.25, 0.3) is 0 Å². The summed E-state index contributed by atoms with van der Waals surface area (Å²) >= 11 is 0. The van der Waals surface area contributed by atoms with Crippen LogP contribution in [0.5, 0.6) is 0 Å². The van der Waals surface area contributed by atoms with E-state index in [1.165, 1.54) is 4.90 Å². The molecule has 0 radical (unpaired) electrons. The minimum Gasteiger partial charge on any atom is -0.480 e. The summed E-state index contributed by atoms with van der Waals surface area (Å²) in [6.07, 6.45) is 4.07. The summed E-state index contributed by atoms with van der Waals surface area (Å²) in [4.78, 5) is 35.7. The Kier molecular flexibility index (Phi) is 7.00. The lowest BCUT2D eigenvalue weighted by Crippen LogP contribution is -2.45. The normalized spacial score (nSPS) is 18.1. The van der Waals surface area contributed by atoms with Crippen LogP contribution in [0.4, 0.5) is 0 Å². The largest absolute Gasteiger partial charge is 0.480 e. The predicted octanol–water partition coefficient (Wildman–Crippen LogP) is -0.303. The van der Waals surface area contributed by atoms with Crippen LogP contribution in [0.1, 0.15) is 38.5 Å². The smallest absolute Gasteiger partial charge is 0.326 e. The fourth-order valence-electron chi connectivity index (χ4n) is 2.29. The molecule has 1 heterocycles. The summed E-state index contributed by atoms with van der Waals surface area (Å²) in [5, 5.41) is 11.5. The molecule has 7 nitrogen and oxygen atoms in total. The van der Waals surface area contributed by atoms with Crippen molar-refractivity contribution in [1.29, 1.82) is 0 Å². The van der Waals surface area contributed by atoms with Crippen molar-refractivity contribution in [1.82, 2.24) is 10.2 Å². The summed E-state index contributed by atoms with van der Waals surface area (Å²) in [5.74, 6) is -1.49. The highest BCUT2D eigenvalue weighted by Crippen LogP contribution is 2.17. The van der Waals surface area contributed by atoms with Crippen LogP contribution in [0.25, 0.3) is 0 Å². The Morgan fingerprint density at radius 3 is 2.65 bits per heavy atom. The number of aliphatic carboxylic acids is 1. The summed E-state index contributed by atoms with van der Waals surface area (Å²) in [7, 11) is 0. The molecule has 1 saturated heterocycles. The number of nitrogens with two attached hydrogens (primary N) is 1. The minimum absolute atomic E-state index is 0.125. The topological polar surface area (TPSA) is 113 Å². The maximum Gasteiger partial charge on any atom is 0.326 e. The predicted molar refractivity (Wildman–Crippen MR) is 72.9 cm³/mol. The zero-order valence-electron chi connectivity index (χ0n) is 11.6. The Hall–Kier alpha value is -1.63. The average molecular weight is 285 g/mol. The van der Waals surface area contributed by atoms with Gasteiger partial charge in [-0.05, 0) is 32.2 Å². The highest BCUT2D eigenvalue weighted by Gasteiger charge is 2.33. The number of hydrogen-bond acceptors (Lipinski definition) is 4. The number of unbranched alkanes of at least 4 members (excludes halogenated alkanes) is 2. The lowest BCUT2D eigenvalue weighted by Gasteiger charge is -2.21. The van der Waals surface area contributed by atoms with Crippen molar-refractivity contribution >= 4 is 17.8 Å². The zero-order valence-corrected chi connectivity index (χ0v) is 11.6. The van der Waals surface area contributed by atoms with E-state index in [0.29, 0.717) is 32.4 Å². The second kappa shape index (κ2) is 8.52. The molecule has 1 fully saturated rings. The molecule has 1 atom stereocenters. The van der Waals surface area contributed by atoms with Crippen molar-refractivity contribution in [2.24, 2.45) is 5.73 Å². The lowest BCUT2D eigenvalue weighted by molar-refractivity contribution is -0.148. The first-order chi connectivity index (χ1) is 9.56. The van der Waals surface area contributed by atoms with Gasteiger partial charge in [-0.3, -0.25) is 9.59 Å². The molecule has 0 aliphatic carbocycles. The van der Waals surface area contributed by atoms with Crippen LogP contribution >= 0.6 is 0 Å². The Morgan fingerprint density at radius 1 is 1.25 bits per heavy atom. The average Bonchev–Trinajstić information content (AvgIpc) is 2.90. The van der Waals surface area contributed by atoms with E-state index in [1.54, 1.807) is 0 Å². The molecule has 0 saturated carbocycles. The van der Waals surface area contributed by atoms with Crippen molar-refractivity contribution in [3.05, 3.63) is 0 Å². The molecule has 20 heavy (non-hydrogen) atoms. The molecule has 1 aliphatic heterocycles. The van der Waals surface area contributed by atoms with Crippen LogP contribution in [0.3, 0.4) is 0 Å². The van der Waals surface area contributed by atoms with Gasteiger partial charge < -0.3 is 21.1 Å². The van der Waals surface area contributed by atoms with Gasteiger partial charge in [-0.15, -0.1) is 0 Å². The van der Waals surface area contributed by atoms with Gasteiger partial charge in [0, 0.05) is 13.0 Å². The molecule has 0 aromatic carbocycles. The van der Waals surface area contributed by atoms with Gasteiger partial charge in [0.2, 0.25) is 11.8 Å². The van der Waals surface area contributed by atoms with Crippen LogP contribution in [0.15, 0.2) is 0 Å². The SMILES string of the molecule is NCCCCCC(=O)NCC(=O)N1CCCC1C(=O)O. The fraction of sp³-hybridized carbons (Fsp3) is 0.769. The first-order valence-corrected chi connectivity index (χ1v) is 7.05. The van der Waals surface area contributed by atoms with E-state index in [0.717, 1.165) is 19.3 Å². The van der Waals surface area contributed by atoms with Crippen molar-refractivity contribution in [2.45, 2.75) is 44.6 Å². The number of carbonyl (C=O) groups is 3. The van der Waals surface area contributed by atoms with Gasteiger partial charge in [-0.2, -0.15) is 0 Å². The molecular formula is C13H23N3O4. The van der Waals surface area contributed by atoms with Gasteiger partial charge >= 0.3 is 5.97 Å². The zero-order chi connectivity index (χ0) is 15.0. The van der Waals surface area contributed by atoms with Gasteiger partial charge in [0.15, 0.2) is 0 Å². The third kappa shape index (κ3) is 5.16. The van der Waals surface area contributed by atoms with Crippen LogP contribution in [0, 0.1) is 0 Å². The van der Waals surface area contributed by atoms with Crippen LogP contribution in [-0.2, 0) is 14.4 Å². The second-order valence-electron chi connectivity index (χ2n) is 4.96. The standard InChI is InChI=1S/C13H23N3O4/c14-7-3-1-2-6-11(17)15-9-12(18)16-8-4-5-10(16)13(19)20/h10H,1-9,14H2,(H,15,17)(H,19,20). The van der Waals surface area contributed by atoms with Crippen LogP contribution in [0.2, 0.25) is 0 Å². The minimum atomic E-state index is -0.982. The molecule has 1 aliphatic rings. The molecule has 7 heteroatoms. The number of carbonyl (C=O) groups excluding carboxylic acids is 2. The highest BCUT2D eigenvalue weighted by molar-refractivity contribution is 5.88. The molecule has 1 rings (SSSR count). The quantitative estimate of drug-likeness (QED) is 0.530. The van der Waals surface area contributed by atoms with E-state index in [-0.39, 0.29) is 18.4 Å². The summed E-state index contributed by atoms with van der Waals surface area (Å²) in [6.45, 7) is 0.938. The number of rotatable bonds is 8. The third-order valence-electron chi connectivity index (χ3n) is 3.40. The summed E-state index contributed by atoms with van der Waals surface area (Å²) < 4.78 is 0. The first-order valence-electron chi connectivity index (χ1n) is 7.05. The third-order valence-corrected chi connectivity index (χ3v) is 3.40. The van der Waals surface area contributed by atoms with E-state index in [1.807, 2.05) is 0 Å². The van der Waals surface area contributed by atoms with Gasteiger partial charge in [-0.1, -0.05) is 6.42 Å². The van der Waals surface area contributed by atoms with Gasteiger partial charge in [0.05, 0.1) is 6.54 Å². The number of amides is 2. The maximum atomic E-state index is 11.9. The first kappa shape index (κ1) is 16.4. The van der Waals surface area contributed by atoms with Crippen molar-refractivity contribution < 1.29 is 19.5 Å². The number of nitrogens with one attached hydrogen (secondary N) is 1. The Bertz CT molecular complexity index is 360. The Labute approximate surface area is 118 Å². The van der Waals surface area contributed by atoms with Crippen molar-refractivity contribution in [2.75, 3.05) is 19.6 Å². The maximum absolute atomic E-state index is 11.9. The van der Waals surface area contributed by atoms with Gasteiger partial charge in [-0.25, -0.2) is 4.79 Å². The Morgan fingerprint density at radius 2 is 2.00 bits per heavy atom. The molecule has 2 amide bonds. The van der Waals surface area contributed by atoms with Crippen LogP contribution < -0.4 is 11.1 Å². The number of carboxylic acids is 1. The van der Waals surface area contributed by atoms with E-state index in [9.17, 15) is 14.4 Å². The van der Waals surface area contributed by atoms with Crippen molar-refractivity contribution in [3.8, 4) is 0 Å². The Balaban J connectivity index is 2.25. The molecular weight excluding hydrogens is 262 g/mol.